The van der Waals surface area contributed by atoms with Crippen LogP contribution in [0.3, 0.4) is 0 Å². The van der Waals surface area contributed by atoms with Gasteiger partial charge < -0.3 is 4.90 Å². The predicted molar refractivity (Wildman–Crippen MR) is 94.5 cm³/mol. The van der Waals surface area contributed by atoms with Gasteiger partial charge >= 0.3 is 0 Å². The molecule has 0 aromatic heterocycles. The maximum atomic E-state index is 2.35. The fraction of sp³-hybridized carbons (Fsp3) is 0.143. The SMILES string of the molecule is CCc1ccc(CN(c2ccccc2)c2ccccc2)cc1. The Morgan fingerprint density at radius 3 is 1.50 bits per heavy atom. The number of aryl methyl sites for hydroxylation is 1. The van der Waals surface area contributed by atoms with Crippen LogP contribution in [0.2, 0.25) is 0 Å². The Hall–Kier alpha value is -2.54. The second-order valence-electron chi connectivity index (χ2n) is 5.43. The molecule has 0 saturated carbocycles. The highest BCUT2D eigenvalue weighted by Crippen LogP contribution is 2.27. The lowest BCUT2D eigenvalue weighted by atomic mass is 10.1. The first-order valence-corrected chi connectivity index (χ1v) is 7.82. The van der Waals surface area contributed by atoms with E-state index in [1.54, 1.807) is 0 Å². The van der Waals surface area contributed by atoms with Gasteiger partial charge in [-0.3, -0.25) is 0 Å². The van der Waals surface area contributed by atoms with E-state index in [0.717, 1.165) is 13.0 Å². The molecule has 0 amide bonds. The van der Waals surface area contributed by atoms with E-state index in [9.17, 15) is 0 Å². The molecule has 0 atom stereocenters. The minimum absolute atomic E-state index is 0.873. The first kappa shape index (κ1) is 14.4. The smallest absolute Gasteiger partial charge is 0.0481 e. The van der Waals surface area contributed by atoms with E-state index in [4.69, 9.17) is 0 Å². The van der Waals surface area contributed by atoms with E-state index in [0.29, 0.717) is 0 Å². The first-order valence-electron chi connectivity index (χ1n) is 7.82. The molecule has 110 valence electrons. The van der Waals surface area contributed by atoms with Crippen LogP contribution in [-0.2, 0) is 13.0 Å². The van der Waals surface area contributed by atoms with Crippen LogP contribution in [0.25, 0.3) is 0 Å². The summed E-state index contributed by atoms with van der Waals surface area (Å²) in [6.45, 7) is 3.06. The van der Waals surface area contributed by atoms with Crippen molar-refractivity contribution in [3.63, 3.8) is 0 Å². The van der Waals surface area contributed by atoms with Crippen molar-refractivity contribution < 1.29 is 0 Å². The number of benzene rings is 3. The van der Waals surface area contributed by atoms with Crippen molar-refractivity contribution in [2.24, 2.45) is 0 Å². The lowest BCUT2D eigenvalue weighted by molar-refractivity contribution is 0.972. The third kappa shape index (κ3) is 3.37. The molecule has 0 N–H and O–H groups in total. The van der Waals surface area contributed by atoms with Crippen molar-refractivity contribution in [3.8, 4) is 0 Å². The summed E-state index contributed by atoms with van der Waals surface area (Å²) >= 11 is 0. The molecule has 22 heavy (non-hydrogen) atoms. The fourth-order valence-corrected chi connectivity index (χ4v) is 2.61. The number of hydrogen-bond donors (Lipinski definition) is 0. The molecule has 0 aliphatic rings. The molecule has 3 aromatic rings. The van der Waals surface area contributed by atoms with E-state index < -0.39 is 0 Å². The molecular formula is C21H21N. The number of para-hydroxylation sites is 2. The third-order valence-corrected chi connectivity index (χ3v) is 3.91. The molecule has 1 nitrogen and oxygen atoms in total. The summed E-state index contributed by atoms with van der Waals surface area (Å²) in [5, 5.41) is 0. The summed E-state index contributed by atoms with van der Waals surface area (Å²) in [4.78, 5) is 2.35. The maximum absolute atomic E-state index is 2.35. The number of nitrogens with zero attached hydrogens (tertiary/aromatic N) is 1. The summed E-state index contributed by atoms with van der Waals surface area (Å²) in [5.74, 6) is 0. The highest BCUT2D eigenvalue weighted by atomic mass is 15.1. The fourth-order valence-electron chi connectivity index (χ4n) is 2.61. The van der Waals surface area contributed by atoms with E-state index in [1.165, 1.54) is 22.5 Å². The van der Waals surface area contributed by atoms with Crippen LogP contribution < -0.4 is 4.90 Å². The summed E-state index contributed by atoms with van der Waals surface area (Å²) in [6.07, 6.45) is 1.08. The molecule has 0 fully saturated rings. The van der Waals surface area contributed by atoms with Crippen LogP contribution in [0, 0.1) is 0 Å². The molecule has 0 radical (unpaired) electrons. The van der Waals surface area contributed by atoms with Gasteiger partial charge in [-0.1, -0.05) is 67.6 Å². The molecule has 0 saturated heterocycles. The molecular weight excluding hydrogens is 266 g/mol. The van der Waals surface area contributed by atoms with E-state index in [2.05, 4.69) is 96.8 Å². The molecule has 1 heteroatoms. The Kier molecular flexibility index (Phi) is 4.55. The monoisotopic (exact) mass is 287 g/mol. The molecule has 0 unspecified atom stereocenters. The van der Waals surface area contributed by atoms with Gasteiger partial charge in [-0.25, -0.2) is 0 Å². The van der Waals surface area contributed by atoms with Crippen molar-refractivity contribution in [3.05, 3.63) is 96.1 Å². The van der Waals surface area contributed by atoms with Gasteiger partial charge in [-0.2, -0.15) is 0 Å². The first-order chi connectivity index (χ1) is 10.9. The number of rotatable bonds is 5. The van der Waals surface area contributed by atoms with Gasteiger partial charge in [-0.15, -0.1) is 0 Å². The molecule has 0 aliphatic heterocycles. The van der Waals surface area contributed by atoms with Crippen molar-refractivity contribution in [2.45, 2.75) is 19.9 Å². The average Bonchev–Trinajstić information content (AvgIpc) is 2.62. The predicted octanol–water partition coefficient (Wildman–Crippen LogP) is 5.59. The zero-order valence-electron chi connectivity index (χ0n) is 12.9. The highest BCUT2D eigenvalue weighted by molar-refractivity contribution is 5.63. The van der Waals surface area contributed by atoms with E-state index >= 15 is 0 Å². The lowest BCUT2D eigenvalue weighted by Gasteiger charge is -2.25. The normalized spacial score (nSPS) is 10.4. The zero-order valence-corrected chi connectivity index (χ0v) is 12.9. The van der Waals surface area contributed by atoms with E-state index in [1.807, 2.05) is 0 Å². The quantitative estimate of drug-likeness (QED) is 0.591. The van der Waals surface area contributed by atoms with Gasteiger partial charge in [0.05, 0.1) is 0 Å². The molecule has 0 aliphatic carbocycles. The van der Waals surface area contributed by atoms with Crippen molar-refractivity contribution in [1.29, 1.82) is 0 Å². The summed E-state index contributed by atoms with van der Waals surface area (Å²) in [5.41, 5.74) is 5.14. The Balaban J connectivity index is 1.91. The lowest BCUT2D eigenvalue weighted by Crippen LogP contribution is -2.16. The second kappa shape index (κ2) is 6.95. The largest absolute Gasteiger partial charge is 0.337 e. The van der Waals surface area contributed by atoms with Gasteiger partial charge in [0.2, 0.25) is 0 Å². The third-order valence-electron chi connectivity index (χ3n) is 3.91. The standard InChI is InChI=1S/C21H21N/c1-2-18-13-15-19(16-14-18)17-22(20-9-5-3-6-10-20)21-11-7-4-8-12-21/h3-16H,2,17H2,1H3. The van der Waals surface area contributed by atoms with Crippen LogP contribution in [0.4, 0.5) is 11.4 Å². The molecule has 3 rings (SSSR count). The Labute approximate surface area is 132 Å². The van der Waals surface area contributed by atoms with Crippen LogP contribution in [0.1, 0.15) is 18.1 Å². The summed E-state index contributed by atoms with van der Waals surface area (Å²) in [6, 6.07) is 30.0. The van der Waals surface area contributed by atoms with Crippen LogP contribution in [0.5, 0.6) is 0 Å². The van der Waals surface area contributed by atoms with Gasteiger partial charge in [-0.05, 0) is 41.8 Å². The summed E-state index contributed by atoms with van der Waals surface area (Å²) in [7, 11) is 0. The topological polar surface area (TPSA) is 3.24 Å². The Morgan fingerprint density at radius 2 is 1.05 bits per heavy atom. The molecule has 0 bridgehead atoms. The van der Waals surface area contributed by atoms with E-state index in [-0.39, 0.29) is 0 Å². The van der Waals surface area contributed by atoms with Crippen LogP contribution >= 0.6 is 0 Å². The Bertz CT molecular complexity index is 647. The summed E-state index contributed by atoms with van der Waals surface area (Å²) < 4.78 is 0. The molecule has 3 aromatic carbocycles. The second-order valence-corrected chi connectivity index (χ2v) is 5.43. The average molecular weight is 287 g/mol. The van der Waals surface area contributed by atoms with Crippen LogP contribution in [0.15, 0.2) is 84.9 Å². The van der Waals surface area contributed by atoms with Gasteiger partial charge in [0.1, 0.15) is 0 Å². The van der Waals surface area contributed by atoms with Crippen molar-refractivity contribution in [1.82, 2.24) is 0 Å². The molecule has 0 spiro atoms. The van der Waals surface area contributed by atoms with Crippen molar-refractivity contribution >= 4 is 11.4 Å². The Morgan fingerprint density at radius 1 is 0.591 bits per heavy atom. The number of anilines is 2. The highest BCUT2D eigenvalue weighted by Gasteiger charge is 2.09. The zero-order chi connectivity index (χ0) is 15.2. The number of hydrogen-bond acceptors (Lipinski definition) is 1. The van der Waals surface area contributed by atoms with Gasteiger partial charge in [0.15, 0.2) is 0 Å². The van der Waals surface area contributed by atoms with Crippen LogP contribution in [-0.4, -0.2) is 0 Å². The van der Waals surface area contributed by atoms with Gasteiger partial charge in [0.25, 0.3) is 0 Å². The minimum atomic E-state index is 0.873. The van der Waals surface area contributed by atoms with Gasteiger partial charge in [0, 0.05) is 17.9 Å². The van der Waals surface area contributed by atoms with Crippen molar-refractivity contribution in [2.75, 3.05) is 4.90 Å². The molecule has 0 heterocycles. The maximum Gasteiger partial charge on any atom is 0.0481 e. The minimum Gasteiger partial charge on any atom is -0.337 e.